The lowest BCUT2D eigenvalue weighted by Crippen LogP contribution is -2.28. The summed E-state index contributed by atoms with van der Waals surface area (Å²) >= 11 is 1.31. The third-order valence-corrected chi connectivity index (χ3v) is 6.67. The zero-order valence-corrected chi connectivity index (χ0v) is 14.9. The van der Waals surface area contributed by atoms with Gasteiger partial charge in [-0.25, -0.2) is 8.42 Å². The third-order valence-electron chi connectivity index (χ3n) is 3.79. The van der Waals surface area contributed by atoms with Crippen LogP contribution in [0.5, 0.6) is 0 Å². The summed E-state index contributed by atoms with van der Waals surface area (Å²) in [7, 11) is -3.54. The van der Waals surface area contributed by atoms with Gasteiger partial charge >= 0.3 is 0 Å². The van der Waals surface area contributed by atoms with Crippen molar-refractivity contribution in [2.75, 3.05) is 18.4 Å². The van der Waals surface area contributed by atoms with E-state index in [1.807, 2.05) is 6.92 Å². The number of hydrogen-bond donors (Lipinski definition) is 1. The first kappa shape index (κ1) is 17.0. The molecule has 1 aromatic carbocycles. The Morgan fingerprint density at radius 3 is 2.71 bits per heavy atom. The number of carbonyl (C=O) groups excluding carboxylic acids is 1. The molecule has 128 valence electrons. The molecule has 0 atom stereocenters. The van der Waals surface area contributed by atoms with E-state index in [1.54, 1.807) is 12.1 Å². The molecule has 3 rings (SSSR count). The van der Waals surface area contributed by atoms with Gasteiger partial charge in [-0.2, -0.15) is 4.31 Å². The standard InChI is InChI=1S/C15H18N4O3S2/c1-2-13-17-18-15(23-13)16-14(20)11-6-5-7-12(10-11)24(21,22)19-8-3-4-9-19/h5-7,10H,2-4,8-9H2,1H3,(H,16,18,20). The van der Waals surface area contributed by atoms with Crippen LogP contribution in [0, 0.1) is 0 Å². The van der Waals surface area contributed by atoms with Gasteiger partial charge in [-0.3, -0.25) is 10.1 Å². The number of amides is 1. The molecule has 2 aromatic rings. The zero-order chi connectivity index (χ0) is 17.2. The van der Waals surface area contributed by atoms with Gasteiger partial charge in [-0.05, 0) is 37.5 Å². The fraction of sp³-hybridized carbons (Fsp3) is 0.400. The van der Waals surface area contributed by atoms with Gasteiger partial charge in [0.25, 0.3) is 5.91 Å². The molecule has 1 aliphatic rings. The second kappa shape index (κ2) is 6.96. The molecule has 1 fully saturated rings. The fourth-order valence-electron chi connectivity index (χ4n) is 2.49. The molecule has 0 spiro atoms. The van der Waals surface area contributed by atoms with Crippen LogP contribution in [0.15, 0.2) is 29.2 Å². The van der Waals surface area contributed by atoms with Gasteiger partial charge < -0.3 is 0 Å². The molecule has 7 nitrogen and oxygen atoms in total. The van der Waals surface area contributed by atoms with Gasteiger partial charge in [0.15, 0.2) is 0 Å². The first-order chi connectivity index (χ1) is 11.5. The van der Waals surface area contributed by atoms with Gasteiger partial charge in [0.05, 0.1) is 4.90 Å². The summed E-state index contributed by atoms with van der Waals surface area (Å²) in [6.45, 7) is 3.02. The maximum atomic E-state index is 12.6. The average Bonchev–Trinajstić information content (AvgIpc) is 3.27. The molecule has 1 aromatic heterocycles. The van der Waals surface area contributed by atoms with Gasteiger partial charge in [0.2, 0.25) is 15.2 Å². The Labute approximate surface area is 144 Å². The number of carbonyl (C=O) groups is 1. The second-order valence-electron chi connectivity index (χ2n) is 5.45. The Bertz CT molecular complexity index is 842. The van der Waals surface area contributed by atoms with Gasteiger partial charge in [-0.15, -0.1) is 10.2 Å². The van der Waals surface area contributed by atoms with Crippen LogP contribution in [0.2, 0.25) is 0 Å². The lowest BCUT2D eigenvalue weighted by atomic mass is 10.2. The topological polar surface area (TPSA) is 92.3 Å². The minimum Gasteiger partial charge on any atom is -0.296 e. The van der Waals surface area contributed by atoms with Crippen molar-refractivity contribution in [3.05, 3.63) is 34.8 Å². The number of sulfonamides is 1. The maximum absolute atomic E-state index is 12.6. The predicted octanol–water partition coefficient (Wildman–Crippen LogP) is 2.14. The molecule has 1 aliphatic heterocycles. The van der Waals surface area contributed by atoms with Crippen LogP contribution >= 0.6 is 11.3 Å². The minimum atomic E-state index is -3.54. The predicted molar refractivity (Wildman–Crippen MR) is 91.7 cm³/mol. The quantitative estimate of drug-likeness (QED) is 0.875. The summed E-state index contributed by atoms with van der Waals surface area (Å²) in [5.41, 5.74) is 0.281. The highest BCUT2D eigenvalue weighted by Gasteiger charge is 2.27. The third kappa shape index (κ3) is 3.47. The number of nitrogens with one attached hydrogen (secondary N) is 1. The first-order valence-electron chi connectivity index (χ1n) is 7.74. The molecule has 1 amide bonds. The van der Waals surface area contributed by atoms with E-state index in [0.717, 1.165) is 24.3 Å². The number of nitrogens with zero attached hydrogens (tertiary/aromatic N) is 3. The van der Waals surface area contributed by atoms with Crippen molar-refractivity contribution in [1.82, 2.24) is 14.5 Å². The zero-order valence-electron chi connectivity index (χ0n) is 13.2. The largest absolute Gasteiger partial charge is 0.296 e. The summed E-state index contributed by atoms with van der Waals surface area (Å²) < 4.78 is 26.6. The van der Waals surface area contributed by atoms with Crippen LogP contribution in [-0.4, -0.2) is 41.9 Å². The van der Waals surface area contributed by atoms with Gasteiger partial charge in [-0.1, -0.05) is 24.3 Å². The molecule has 0 saturated carbocycles. The molecule has 2 heterocycles. The number of aryl methyl sites for hydroxylation is 1. The highest BCUT2D eigenvalue weighted by Crippen LogP contribution is 2.22. The van der Waals surface area contributed by atoms with Crippen molar-refractivity contribution in [2.45, 2.75) is 31.1 Å². The molecule has 0 radical (unpaired) electrons. The van der Waals surface area contributed by atoms with Crippen LogP contribution in [0.25, 0.3) is 0 Å². The maximum Gasteiger partial charge on any atom is 0.257 e. The summed E-state index contributed by atoms with van der Waals surface area (Å²) in [5, 5.41) is 11.7. The van der Waals surface area contributed by atoms with Crippen molar-refractivity contribution in [3.8, 4) is 0 Å². The lowest BCUT2D eigenvalue weighted by molar-refractivity contribution is 0.102. The molecule has 1 N–H and O–H groups in total. The van der Waals surface area contributed by atoms with Gasteiger partial charge in [0, 0.05) is 18.7 Å². The summed E-state index contributed by atoms with van der Waals surface area (Å²) in [6, 6.07) is 6.09. The average molecular weight is 366 g/mol. The van der Waals surface area contributed by atoms with E-state index in [0.29, 0.717) is 18.2 Å². The van der Waals surface area contributed by atoms with Gasteiger partial charge in [0.1, 0.15) is 5.01 Å². The molecular formula is C15H18N4O3S2. The van der Waals surface area contributed by atoms with E-state index in [-0.39, 0.29) is 10.5 Å². The summed E-state index contributed by atoms with van der Waals surface area (Å²) in [5.74, 6) is -0.396. The molecule has 24 heavy (non-hydrogen) atoms. The van der Waals surface area contributed by atoms with Crippen LogP contribution < -0.4 is 5.32 Å². The van der Waals surface area contributed by atoms with Crippen molar-refractivity contribution in [2.24, 2.45) is 0 Å². The molecule has 1 saturated heterocycles. The number of anilines is 1. The Hall–Kier alpha value is -1.84. The first-order valence-corrected chi connectivity index (χ1v) is 10.0. The number of hydrogen-bond acceptors (Lipinski definition) is 6. The van der Waals surface area contributed by atoms with Crippen molar-refractivity contribution >= 4 is 32.4 Å². The molecule has 0 unspecified atom stereocenters. The van der Waals surface area contributed by atoms with E-state index in [4.69, 9.17) is 0 Å². The monoisotopic (exact) mass is 366 g/mol. The lowest BCUT2D eigenvalue weighted by Gasteiger charge is -2.15. The van der Waals surface area contributed by atoms with Crippen LogP contribution in [0.3, 0.4) is 0 Å². The van der Waals surface area contributed by atoms with Crippen LogP contribution in [0.4, 0.5) is 5.13 Å². The smallest absolute Gasteiger partial charge is 0.257 e. The second-order valence-corrected chi connectivity index (χ2v) is 8.45. The van der Waals surface area contributed by atoms with Crippen molar-refractivity contribution in [3.63, 3.8) is 0 Å². The Morgan fingerprint density at radius 2 is 2.04 bits per heavy atom. The molecular weight excluding hydrogens is 348 g/mol. The van der Waals surface area contributed by atoms with Crippen molar-refractivity contribution < 1.29 is 13.2 Å². The fourth-order valence-corrected chi connectivity index (χ4v) is 4.73. The Morgan fingerprint density at radius 1 is 1.29 bits per heavy atom. The highest BCUT2D eigenvalue weighted by atomic mass is 32.2. The van der Waals surface area contributed by atoms with Crippen molar-refractivity contribution in [1.29, 1.82) is 0 Å². The van der Waals surface area contributed by atoms with Crippen LogP contribution in [-0.2, 0) is 16.4 Å². The normalized spacial score (nSPS) is 15.5. The minimum absolute atomic E-state index is 0.142. The van der Waals surface area contributed by atoms with E-state index in [9.17, 15) is 13.2 Å². The Balaban J connectivity index is 1.80. The number of benzene rings is 1. The molecule has 0 bridgehead atoms. The molecule has 9 heteroatoms. The van der Waals surface area contributed by atoms with Crippen LogP contribution in [0.1, 0.15) is 35.1 Å². The Kier molecular flexibility index (Phi) is 4.93. The van der Waals surface area contributed by atoms with E-state index in [2.05, 4.69) is 15.5 Å². The van der Waals surface area contributed by atoms with E-state index < -0.39 is 15.9 Å². The molecule has 0 aliphatic carbocycles. The highest BCUT2D eigenvalue weighted by molar-refractivity contribution is 7.89. The van der Waals surface area contributed by atoms with E-state index >= 15 is 0 Å². The van der Waals surface area contributed by atoms with E-state index in [1.165, 1.54) is 27.8 Å². The summed E-state index contributed by atoms with van der Waals surface area (Å²) in [6.07, 6.45) is 2.49. The summed E-state index contributed by atoms with van der Waals surface area (Å²) in [4.78, 5) is 12.5. The number of aromatic nitrogens is 2. The SMILES string of the molecule is CCc1nnc(NC(=O)c2cccc(S(=O)(=O)N3CCCC3)c2)s1. The number of rotatable bonds is 5.